The van der Waals surface area contributed by atoms with Gasteiger partial charge in [-0.15, -0.1) is 0 Å². The smallest absolute Gasteiger partial charge is 0.0226 e. The summed E-state index contributed by atoms with van der Waals surface area (Å²) in [6.45, 7) is 8.83. The molecule has 72 valence electrons. The fourth-order valence-corrected chi connectivity index (χ4v) is 1.24. The molecule has 0 heterocycles. The molecule has 1 nitrogen and oxygen atoms in total. The van der Waals surface area contributed by atoms with Gasteiger partial charge in [-0.2, -0.15) is 0 Å². The first-order chi connectivity index (χ1) is 5.61. The summed E-state index contributed by atoms with van der Waals surface area (Å²) in [7, 11) is 0. The average Bonchev–Trinajstić information content (AvgIpc) is 2.03. The van der Waals surface area contributed by atoms with E-state index >= 15 is 0 Å². The number of allylic oxidation sites excluding steroid dienone is 1. The first-order valence-electron chi connectivity index (χ1n) is 5.05. The molecule has 0 amide bonds. The molecule has 1 unspecified atom stereocenters. The number of hydrogen-bond acceptors (Lipinski definition) is 1. The van der Waals surface area contributed by atoms with Gasteiger partial charge in [-0.25, -0.2) is 0 Å². The van der Waals surface area contributed by atoms with E-state index in [9.17, 15) is 0 Å². The van der Waals surface area contributed by atoms with Crippen LogP contribution < -0.4 is 5.73 Å². The molecule has 0 aliphatic carbocycles. The summed E-state index contributed by atoms with van der Waals surface area (Å²) >= 11 is 0. The van der Waals surface area contributed by atoms with E-state index in [1.54, 1.807) is 0 Å². The van der Waals surface area contributed by atoms with E-state index in [2.05, 4.69) is 33.8 Å². The highest BCUT2D eigenvalue weighted by Crippen LogP contribution is 2.14. The van der Waals surface area contributed by atoms with E-state index in [4.69, 9.17) is 5.73 Å². The van der Waals surface area contributed by atoms with Gasteiger partial charge >= 0.3 is 0 Å². The van der Waals surface area contributed by atoms with Crippen molar-refractivity contribution in [2.45, 2.75) is 53.0 Å². The summed E-state index contributed by atoms with van der Waals surface area (Å²) in [6.07, 6.45) is 5.71. The maximum atomic E-state index is 5.90. The van der Waals surface area contributed by atoms with E-state index in [1.807, 2.05) is 0 Å². The summed E-state index contributed by atoms with van der Waals surface area (Å²) in [5.74, 6) is 0.688. The van der Waals surface area contributed by atoms with Crippen molar-refractivity contribution in [3.8, 4) is 0 Å². The molecule has 2 atom stereocenters. The molecule has 0 fully saturated rings. The molecule has 0 saturated heterocycles. The lowest BCUT2D eigenvalue weighted by atomic mass is 9.97. The van der Waals surface area contributed by atoms with Crippen LogP contribution in [0.1, 0.15) is 47.0 Å². The van der Waals surface area contributed by atoms with Gasteiger partial charge in [0.25, 0.3) is 0 Å². The molecule has 1 heteroatoms. The van der Waals surface area contributed by atoms with Crippen molar-refractivity contribution in [3.63, 3.8) is 0 Å². The molecule has 0 aliphatic rings. The molecule has 0 rings (SSSR count). The Morgan fingerprint density at radius 3 is 2.42 bits per heavy atom. The highest BCUT2D eigenvalue weighted by molar-refractivity contribution is 5.06. The van der Waals surface area contributed by atoms with Crippen molar-refractivity contribution >= 4 is 0 Å². The van der Waals surface area contributed by atoms with Gasteiger partial charge in [-0.05, 0) is 25.7 Å². The predicted octanol–water partition coefficient (Wildman–Crippen LogP) is 3.11. The highest BCUT2D eigenvalue weighted by Gasteiger charge is 2.03. The van der Waals surface area contributed by atoms with Crippen molar-refractivity contribution < 1.29 is 0 Å². The summed E-state index contributed by atoms with van der Waals surface area (Å²) in [4.78, 5) is 0. The van der Waals surface area contributed by atoms with Crippen LogP contribution in [0.25, 0.3) is 0 Å². The van der Waals surface area contributed by atoms with Crippen molar-refractivity contribution in [1.82, 2.24) is 0 Å². The average molecular weight is 169 g/mol. The first-order valence-corrected chi connectivity index (χ1v) is 5.05. The monoisotopic (exact) mass is 169 g/mol. The Hall–Kier alpha value is -0.300. The second-order valence-corrected chi connectivity index (χ2v) is 3.67. The van der Waals surface area contributed by atoms with Crippen molar-refractivity contribution in [1.29, 1.82) is 0 Å². The van der Waals surface area contributed by atoms with Crippen molar-refractivity contribution in [2.24, 2.45) is 11.7 Å². The van der Waals surface area contributed by atoms with Crippen LogP contribution >= 0.6 is 0 Å². The largest absolute Gasteiger partial charge is 0.324 e. The Kier molecular flexibility index (Phi) is 6.09. The molecule has 2 N–H and O–H groups in total. The molecular formula is C11H23N. The zero-order chi connectivity index (χ0) is 9.56. The first kappa shape index (κ1) is 11.7. The maximum Gasteiger partial charge on any atom is 0.0226 e. The van der Waals surface area contributed by atoms with Crippen LogP contribution in [0.15, 0.2) is 11.6 Å². The third-order valence-electron chi connectivity index (χ3n) is 2.49. The third kappa shape index (κ3) is 4.55. The quantitative estimate of drug-likeness (QED) is 0.629. The fraction of sp³-hybridized carbons (Fsp3) is 0.818. The molecular weight excluding hydrogens is 146 g/mol. The summed E-state index contributed by atoms with van der Waals surface area (Å²) in [5, 5.41) is 0. The Morgan fingerprint density at radius 1 is 1.42 bits per heavy atom. The Balaban J connectivity index is 3.96. The summed E-state index contributed by atoms with van der Waals surface area (Å²) in [6, 6.07) is 0.268. The third-order valence-corrected chi connectivity index (χ3v) is 2.49. The van der Waals surface area contributed by atoms with Gasteiger partial charge in [0.05, 0.1) is 0 Å². The minimum absolute atomic E-state index is 0.268. The van der Waals surface area contributed by atoms with Gasteiger partial charge in [0.15, 0.2) is 0 Å². The van der Waals surface area contributed by atoms with E-state index in [0.29, 0.717) is 5.92 Å². The van der Waals surface area contributed by atoms with Crippen molar-refractivity contribution in [2.75, 3.05) is 0 Å². The minimum atomic E-state index is 0.268. The molecule has 0 aliphatic heterocycles. The summed E-state index contributed by atoms with van der Waals surface area (Å²) in [5.41, 5.74) is 7.34. The number of hydrogen-bond donors (Lipinski definition) is 1. The number of nitrogens with two attached hydrogens (primary N) is 1. The maximum absolute atomic E-state index is 5.90. The zero-order valence-electron chi connectivity index (χ0n) is 8.93. The van der Waals surface area contributed by atoms with Crippen LogP contribution in [0, 0.1) is 5.92 Å². The second kappa shape index (κ2) is 6.24. The fourth-order valence-electron chi connectivity index (χ4n) is 1.24. The van der Waals surface area contributed by atoms with Crippen LogP contribution in [0.3, 0.4) is 0 Å². The lowest BCUT2D eigenvalue weighted by Crippen LogP contribution is -2.17. The summed E-state index contributed by atoms with van der Waals surface area (Å²) < 4.78 is 0. The Labute approximate surface area is 77.0 Å². The van der Waals surface area contributed by atoms with Gasteiger partial charge in [0.2, 0.25) is 0 Å². The molecule has 0 aromatic carbocycles. The minimum Gasteiger partial charge on any atom is -0.324 e. The van der Waals surface area contributed by atoms with Gasteiger partial charge in [-0.3, -0.25) is 0 Å². The molecule has 0 saturated carbocycles. The molecule has 0 bridgehead atoms. The lowest BCUT2D eigenvalue weighted by Gasteiger charge is -2.12. The van der Waals surface area contributed by atoms with Gasteiger partial charge in [0, 0.05) is 6.04 Å². The predicted molar refractivity (Wildman–Crippen MR) is 56.1 cm³/mol. The van der Waals surface area contributed by atoms with Gasteiger partial charge < -0.3 is 5.73 Å². The van der Waals surface area contributed by atoms with E-state index < -0.39 is 0 Å². The molecule has 0 radical (unpaired) electrons. The van der Waals surface area contributed by atoms with Crippen LogP contribution in [0.5, 0.6) is 0 Å². The van der Waals surface area contributed by atoms with E-state index in [0.717, 1.165) is 6.42 Å². The van der Waals surface area contributed by atoms with E-state index in [-0.39, 0.29) is 6.04 Å². The highest BCUT2D eigenvalue weighted by atomic mass is 14.6. The van der Waals surface area contributed by atoms with Crippen LogP contribution in [0.2, 0.25) is 0 Å². The van der Waals surface area contributed by atoms with Gasteiger partial charge in [0.1, 0.15) is 0 Å². The Bertz CT molecular complexity index is 138. The zero-order valence-corrected chi connectivity index (χ0v) is 8.93. The lowest BCUT2D eigenvalue weighted by molar-refractivity contribution is 0.633. The molecule has 0 spiro atoms. The van der Waals surface area contributed by atoms with Crippen LogP contribution in [-0.2, 0) is 0 Å². The van der Waals surface area contributed by atoms with Gasteiger partial charge in [-0.1, -0.05) is 38.8 Å². The molecule has 0 aromatic rings. The number of rotatable bonds is 5. The Morgan fingerprint density at radius 2 is 2.00 bits per heavy atom. The normalized spacial score (nSPS) is 17.6. The molecule has 12 heavy (non-hydrogen) atoms. The molecule has 0 aromatic heterocycles. The van der Waals surface area contributed by atoms with E-state index in [1.165, 1.54) is 18.4 Å². The standard InChI is InChI=1S/C11H23N/c1-5-7-11(12)8-10(4)9(3)6-2/h8-9,11H,5-7,12H2,1-4H3/b10-8-/t9-,11?/m1/s1. The second-order valence-electron chi connectivity index (χ2n) is 3.67. The van der Waals surface area contributed by atoms with Crippen LogP contribution in [-0.4, -0.2) is 6.04 Å². The van der Waals surface area contributed by atoms with Crippen molar-refractivity contribution in [3.05, 3.63) is 11.6 Å². The van der Waals surface area contributed by atoms with Crippen LogP contribution in [0.4, 0.5) is 0 Å². The SMILES string of the molecule is CCCC(N)/C=C(/C)[C@H](C)CC. The topological polar surface area (TPSA) is 26.0 Å².